The Morgan fingerprint density at radius 3 is 0.690 bits per heavy atom. The lowest BCUT2D eigenvalue weighted by Crippen LogP contribution is -2.30. The van der Waals surface area contributed by atoms with Crippen LogP contribution in [0.3, 0.4) is 0 Å². The zero-order chi connectivity index (χ0) is 91.3. The molecule has 727 valence electrons. The summed E-state index contributed by atoms with van der Waals surface area (Å²) in [6.07, 6.45) is 121. The number of esters is 6. The van der Waals surface area contributed by atoms with Crippen LogP contribution in [0, 0.1) is 18.3 Å². The molecule has 0 aromatic carbocycles. The second-order valence-corrected chi connectivity index (χ2v) is 36.3. The SMILES string of the molecule is CCCCC/C=C\C=C\C(CCCCCCCC(=O)OCC(COC(=O)CCCCCCC/C=C\CCCCCCCC)OC(=O)CCCCCCC/C=C\C/C=C\CCCCC)C([CH]CCCCCCCC)CCCCCCCC(=O)OCC(COC(=O)CCCCCCC/C=C\C/C=C\CCCCC)OC(=O)CCCCCCC/C=C\C/C=C\CCCCC. The van der Waals surface area contributed by atoms with Crippen molar-refractivity contribution in [2.75, 3.05) is 26.4 Å². The predicted molar refractivity (Wildman–Crippen MR) is 537 cm³/mol. The Morgan fingerprint density at radius 2 is 0.405 bits per heavy atom. The number of ether oxygens (including phenoxy) is 6. The lowest BCUT2D eigenvalue weighted by molar-refractivity contribution is -0.167. The predicted octanol–water partition coefficient (Wildman–Crippen LogP) is 34.8. The number of carbonyl (C=O) groups excluding carboxylic acids is 6. The summed E-state index contributed by atoms with van der Waals surface area (Å²) in [7, 11) is 0. The Balaban J connectivity index is 5.69. The van der Waals surface area contributed by atoms with E-state index in [1.54, 1.807) is 0 Å². The summed E-state index contributed by atoms with van der Waals surface area (Å²) in [4.78, 5) is 79.1. The molecule has 0 aliphatic carbocycles. The van der Waals surface area contributed by atoms with Gasteiger partial charge in [-0.3, -0.25) is 28.8 Å². The van der Waals surface area contributed by atoms with Crippen molar-refractivity contribution in [3.8, 4) is 0 Å². The van der Waals surface area contributed by atoms with Gasteiger partial charge in [0.2, 0.25) is 0 Å². The van der Waals surface area contributed by atoms with E-state index in [1.807, 2.05) is 0 Å². The van der Waals surface area contributed by atoms with E-state index < -0.39 is 12.2 Å². The molecule has 0 heterocycles. The van der Waals surface area contributed by atoms with Crippen LogP contribution in [0.15, 0.2) is 109 Å². The molecule has 0 aliphatic rings. The van der Waals surface area contributed by atoms with Gasteiger partial charge in [-0.05, 0) is 211 Å². The van der Waals surface area contributed by atoms with E-state index in [1.165, 1.54) is 186 Å². The van der Waals surface area contributed by atoms with E-state index >= 15 is 0 Å². The first-order valence-corrected chi connectivity index (χ1v) is 53.8. The Morgan fingerprint density at radius 1 is 0.198 bits per heavy atom. The average molecular weight is 1760 g/mol. The van der Waals surface area contributed by atoms with Crippen molar-refractivity contribution in [2.45, 2.75) is 535 Å². The average Bonchev–Trinajstić information content (AvgIpc) is 0.922. The molecule has 1 radical (unpaired) electrons. The van der Waals surface area contributed by atoms with Gasteiger partial charge in [0.15, 0.2) is 12.2 Å². The molecule has 0 aliphatic heterocycles. The molecule has 0 fully saturated rings. The third-order valence-corrected chi connectivity index (χ3v) is 23.9. The maximum absolute atomic E-state index is 13.3. The largest absolute Gasteiger partial charge is 0.462 e. The maximum atomic E-state index is 13.3. The number of carbonyl (C=O) groups is 6. The monoisotopic (exact) mass is 1760 g/mol. The summed E-state index contributed by atoms with van der Waals surface area (Å²) in [6.45, 7) is 13.0. The first-order valence-electron chi connectivity index (χ1n) is 53.8. The molecular formula is C114H199O12. The summed E-state index contributed by atoms with van der Waals surface area (Å²) in [5.41, 5.74) is 0. The first-order chi connectivity index (χ1) is 62.0. The number of hydrogen-bond donors (Lipinski definition) is 0. The van der Waals surface area contributed by atoms with Gasteiger partial charge >= 0.3 is 35.8 Å². The summed E-state index contributed by atoms with van der Waals surface area (Å²) >= 11 is 0. The molecule has 0 rings (SSSR count). The summed E-state index contributed by atoms with van der Waals surface area (Å²) in [5, 5.41) is 0. The van der Waals surface area contributed by atoms with Crippen molar-refractivity contribution in [2.24, 2.45) is 11.8 Å². The van der Waals surface area contributed by atoms with Crippen molar-refractivity contribution < 1.29 is 57.2 Å². The van der Waals surface area contributed by atoms with Crippen LogP contribution in [-0.2, 0) is 57.2 Å². The Hall–Kier alpha value is -5.52. The summed E-state index contributed by atoms with van der Waals surface area (Å²) in [6, 6.07) is 0. The van der Waals surface area contributed by atoms with Crippen molar-refractivity contribution in [3.05, 3.63) is 116 Å². The van der Waals surface area contributed by atoms with Gasteiger partial charge in [-0.15, -0.1) is 0 Å². The summed E-state index contributed by atoms with van der Waals surface area (Å²) < 4.78 is 34.6. The molecule has 126 heavy (non-hydrogen) atoms. The molecule has 0 spiro atoms. The smallest absolute Gasteiger partial charge is 0.306 e. The molecule has 0 N–H and O–H groups in total. The summed E-state index contributed by atoms with van der Waals surface area (Å²) in [5.74, 6) is -1.08. The molecule has 0 saturated carbocycles. The molecule has 4 atom stereocenters. The normalized spacial score (nSPS) is 13.1. The lowest BCUT2D eigenvalue weighted by Gasteiger charge is -2.25. The number of rotatable bonds is 98. The van der Waals surface area contributed by atoms with Gasteiger partial charge < -0.3 is 28.4 Å². The van der Waals surface area contributed by atoms with Gasteiger partial charge in [0.1, 0.15) is 26.4 Å². The fourth-order valence-corrected chi connectivity index (χ4v) is 15.8. The highest BCUT2D eigenvalue weighted by atomic mass is 16.6. The van der Waals surface area contributed by atoms with Crippen LogP contribution in [-0.4, -0.2) is 74.5 Å². The standard InChI is InChI=1S/C114H199O12/c1-7-13-19-25-31-35-39-43-47-51-55-59-65-75-85-95-109(115)121-101-107(125-113(119)99-89-77-67-61-57-53-49-45-41-37-33-27-21-15-9-3)103-123-111(117)97-87-79-69-73-83-93-105(91-81-71-63-29-23-17-11-5)106(92-82-72-64-30-24-18-12-6)94-84-74-70-80-88-98-112(118)124-104-108(126-114(120)100-90-78-68-62-58-54-50-46-42-38-34-28-22-16-10-4)102-122-110(116)96-86-76-66-60-56-52-48-44-40-36-32-26-20-14-8-2/h31,33-35,37-38,43-50,64,72,82,91-92,105-108H,7-30,32,36,39-42,51-63,65-71,73-81,83-90,93-104H2,1-6H3/b35-31-,37-33-,38-34-,47-43-,48-44-,49-45-,50-46-,72-64-,92-82+. The fourth-order valence-electron chi connectivity index (χ4n) is 15.8. The van der Waals surface area contributed by atoms with Crippen LogP contribution in [0.4, 0.5) is 0 Å². The third-order valence-electron chi connectivity index (χ3n) is 23.9. The van der Waals surface area contributed by atoms with E-state index in [9.17, 15) is 28.8 Å². The van der Waals surface area contributed by atoms with Crippen molar-refractivity contribution in [3.63, 3.8) is 0 Å². The Bertz CT molecular complexity index is 2680. The van der Waals surface area contributed by atoms with Crippen LogP contribution >= 0.6 is 0 Å². The first kappa shape index (κ1) is 120. The Kier molecular flexibility index (Phi) is 97.2. The molecule has 4 unspecified atom stereocenters. The number of unbranched alkanes of at least 4 members (excludes halogenated alkanes) is 52. The zero-order valence-corrected chi connectivity index (χ0v) is 83.0. The van der Waals surface area contributed by atoms with Crippen molar-refractivity contribution >= 4 is 35.8 Å². The second-order valence-electron chi connectivity index (χ2n) is 36.3. The zero-order valence-electron chi connectivity index (χ0n) is 83.0. The quantitative estimate of drug-likeness (QED) is 0.0187. The molecule has 0 aromatic rings. The van der Waals surface area contributed by atoms with E-state index in [0.29, 0.717) is 31.1 Å². The highest BCUT2D eigenvalue weighted by Gasteiger charge is 2.23. The van der Waals surface area contributed by atoms with Crippen LogP contribution in [0.2, 0.25) is 0 Å². The van der Waals surface area contributed by atoms with Gasteiger partial charge in [0.05, 0.1) is 0 Å². The van der Waals surface area contributed by atoms with Crippen LogP contribution in [0.5, 0.6) is 0 Å². The van der Waals surface area contributed by atoms with E-state index in [4.69, 9.17) is 28.4 Å². The molecule has 12 nitrogen and oxygen atoms in total. The second kappa shape index (κ2) is 102. The minimum Gasteiger partial charge on any atom is -0.462 e. The third kappa shape index (κ3) is 93.2. The molecule has 12 heteroatoms. The molecule has 0 amide bonds. The van der Waals surface area contributed by atoms with Crippen molar-refractivity contribution in [1.29, 1.82) is 0 Å². The number of hydrogen-bond acceptors (Lipinski definition) is 12. The Labute approximate surface area is 777 Å². The van der Waals surface area contributed by atoms with E-state index in [-0.39, 0.29) is 87.9 Å². The fraction of sp³-hybridized carbons (Fsp3) is 0.781. The van der Waals surface area contributed by atoms with Gasteiger partial charge in [-0.1, -0.05) is 401 Å². The van der Waals surface area contributed by atoms with Crippen molar-refractivity contribution in [1.82, 2.24) is 0 Å². The molecule has 0 saturated heterocycles. The van der Waals surface area contributed by atoms with E-state index in [0.717, 1.165) is 250 Å². The number of allylic oxidation sites excluding steroid dienone is 18. The topological polar surface area (TPSA) is 158 Å². The minimum atomic E-state index is -0.852. The maximum Gasteiger partial charge on any atom is 0.306 e. The van der Waals surface area contributed by atoms with Gasteiger partial charge in [-0.2, -0.15) is 0 Å². The van der Waals surface area contributed by atoms with Gasteiger partial charge in [-0.25, -0.2) is 0 Å². The van der Waals surface area contributed by atoms with Gasteiger partial charge in [0.25, 0.3) is 0 Å². The van der Waals surface area contributed by atoms with Crippen LogP contribution < -0.4 is 0 Å². The lowest BCUT2D eigenvalue weighted by atomic mass is 9.80. The van der Waals surface area contributed by atoms with E-state index in [2.05, 4.69) is 157 Å². The minimum absolute atomic E-state index is 0.126. The highest BCUT2D eigenvalue weighted by Crippen LogP contribution is 2.31. The van der Waals surface area contributed by atoms with Crippen LogP contribution in [0.25, 0.3) is 0 Å². The molecule has 0 aromatic heterocycles. The molecular weight excluding hydrogens is 1560 g/mol. The van der Waals surface area contributed by atoms with Crippen LogP contribution in [0.1, 0.15) is 523 Å². The molecule has 0 bridgehead atoms. The highest BCUT2D eigenvalue weighted by molar-refractivity contribution is 5.72. The van der Waals surface area contributed by atoms with Gasteiger partial charge in [0, 0.05) is 38.5 Å².